The molecule has 2 rings (SSSR count). The first kappa shape index (κ1) is 14.8. The van der Waals surface area contributed by atoms with Crippen LogP contribution in [0.15, 0.2) is 27.6 Å². The summed E-state index contributed by atoms with van der Waals surface area (Å²) >= 11 is 2.92. The average molecular weight is 358 g/mol. The smallest absolute Gasteiger partial charge is 0.207 e. The molecule has 106 valence electrons. The van der Waals surface area contributed by atoms with Crippen molar-refractivity contribution in [1.29, 1.82) is 0 Å². The minimum Gasteiger partial charge on any atom is -0.207 e. The predicted molar refractivity (Wildman–Crippen MR) is 67.1 cm³/mol. The van der Waals surface area contributed by atoms with Crippen LogP contribution in [0, 0.1) is 0 Å². The van der Waals surface area contributed by atoms with Gasteiger partial charge in [0.15, 0.2) is 0 Å². The lowest BCUT2D eigenvalue weighted by Crippen LogP contribution is -2.28. The van der Waals surface area contributed by atoms with Crippen molar-refractivity contribution in [3.8, 4) is 0 Å². The maximum Gasteiger partial charge on any atom is 0.416 e. The summed E-state index contributed by atoms with van der Waals surface area (Å²) in [5.74, 6) is 0. The first-order valence-electron chi connectivity index (χ1n) is 5.59. The zero-order chi connectivity index (χ0) is 14.3. The molecule has 0 aliphatic carbocycles. The number of benzene rings is 1. The van der Waals surface area contributed by atoms with Gasteiger partial charge in [0.1, 0.15) is 0 Å². The molecule has 8 heteroatoms. The van der Waals surface area contributed by atoms with Gasteiger partial charge in [-0.15, -0.1) is 0 Å². The summed E-state index contributed by atoms with van der Waals surface area (Å²) in [5.41, 5.74) is -0.973. The van der Waals surface area contributed by atoms with E-state index in [1.165, 1.54) is 10.4 Å². The quantitative estimate of drug-likeness (QED) is 0.814. The SMILES string of the molecule is O=S(=O)(c1cc(Br)cc(C(F)(F)F)c1)N1CCCC1. The van der Waals surface area contributed by atoms with Crippen LogP contribution in [0.4, 0.5) is 13.2 Å². The molecule has 0 atom stereocenters. The Morgan fingerprint density at radius 1 is 1.11 bits per heavy atom. The zero-order valence-corrected chi connectivity index (χ0v) is 12.1. The van der Waals surface area contributed by atoms with Crippen LogP contribution in [-0.2, 0) is 16.2 Å². The molecule has 0 unspecified atom stereocenters. The van der Waals surface area contributed by atoms with Crippen molar-refractivity contribution in [3.05, 3.63) is 28.2 Å². The Morgan fingerprint density at radius 3 is 2.21 bits per heavy atom. The molecule has 0 N–H and O–H groups in total. The molecule has 1 fully saturated rings. The molecule has 0 spiro atoms. The second-order valence-electron chi connectivity index (χ2n) is 4.28. The second kappa shape index (κ2) is 5.06. The van der Waals surface area contributed by atoms with Crippen LogP contribution >= 0.6 is 15.9 Å². The molecule has 1 saturated heterocycles. The summed E-state index contributed by atoms with van der Waals surface area (Å²) in [5, 5.41) is 0. The van der Waals surface area contributed by atoms with Crippen LogP contribution in [0.3, 0.4) is 0 Å². The van der Waals surface area contributed by atoms with E-state index in [-0.39, 0.29) is 9.37 Å². The number of alkyl halides is 3. The van der Waals surface area contributed by atoms with Gasteiger partial charge >= 0.3 is 6.18 Å². The van der Waals surface area contributed by atoms with Crippen LogP contribution in [0.5, 0.6) is 0 Å². The third-order valence-electron chi connectivity index (χ3n) is 2.90. The number of halogens is 4. The average Bonchev–Trinajstić information content (AvgIpc) is 2.80. The number of hydrogen-bond acceptors (Lipinski definition) is 2. The number of nitrogens with zero attached hydrogens (tertiary/aromatic N) is 1. The van der Waals surface area contributed by atoms with Crippen molar-refractivity contribution < 1.29 is 21.6 Å². The van der Waals surface area contributed by atoms with Gasteiger partial charge in [-0.05, 0) is 31.0 Å². The van der Waals surface area contributed by atoms with Gasteiger partial charge in [0.2, 0.25) is 10.0 Å². The molecule has 3 nitrogen and oxygen atoms in total. The summed E-state index contributed by atoms with van der Waals surface area (Å²) in [6.45, 7) is 0.715. The van der Waals surface area contributed by atoms with Gasteiger partial charge in [-0.3, -0.25) is 0 Å². The summed E-state index contributed by atoms with van der Waals surface area (Å²) in [4.78, 5) is -0.323. The maximum absolute atomic E-state index is 12.7. The minimum atomic E-state index is -4.57. The van der Waals surface area contributed by atoms with E-state index in [0.717, 1.165) is 18.9 Å². The third-order valence-corrected chi connectivity index (χ3v) is 5.24. The van der Waals surface area contributed by atoms with Crippen LogP contribution in [0.1, 0.15) is 18.4 Å². The molecule has 1 aromatic carbocycles. The highest BCUT2D eigenvalue weighted by atomic mass is 79.9. The maximum atomic E-state index is 12.7. The van der Waals surface area contributed by atoms with Gasteiger partial charge in [0.25, 0.3) is 0 Å². The highest BCUT2D eigenvalue weighted by molar-refractivity contribution is 9.10. The van der Waals surface area contributed by atoms with Crippen molar-refractivity contribution in [2.24, 2.45) is 0 Å². The third kappa shape index (κ3) is 3.11. The molecule has 1 aromatic rings. The Hall–Kier alpha value is -0.600. The summed E-state index contributed by atoms with van der Waals surface area (Å²) in [6, 6.07) is 2.74. The van der Waals surface area contributed by atoms with Crippen molar-refractivity contribution in [1.82, 2.24) is 4.31 Å². The monoisotopic (exact) mass is 357 g/mol. The molecule has 0 radical (unpaired) electrons. The summed E-state index contributed by atoms with van der Waals surface area (Å²) in [6.07, 6.45) is -3.10. The van der Waals surface area contributed by atoms with E-state index in [4.69, 9.17) is 0 Å². The fourth-order valence-electron chi connectivity index (χ4n) is 1.95. The van der Waals surface area contributed by atoms with Crippen molar-refractivity contribution in [2.45, 2.75) is 23.9 Å². The Morgan fingerprint density at radius 2 is 1.68 bits per heavy atom. The fraction of sp³-hybridized carbons (Fsp3) is 0.455. The van der Waals surface area contributed by atoms with Crippen molar-refractivity contribution in [3.63, 3.8) is 0 Å². The Balaban J connectivity index is 2.48. The lowest BCUT2D eigenvalue weighted by molar-refractivity contribution is -0.137. The van der Waals surface area contributed by atoms with Gasteiger partial charge in [0, 0.05) is 17.6 Å². The van der Waals surface area contributed by atoms with Crippen molar-refractivity contribution in [2.75, 3.05) is 13.1 Å². The first-order valence-corrected chi connectivity index (χ1v) is 7.82. The standard InChI is InChI=1S/C11H11BrF3NO2S/c12-9-5-8(11(13,14)15)6-10(7-9)19(17,18)16-3-1-2-4-16/h5-7H,1-4H2. The van der Waals surface area contributed by atoms with E-state index < -0.39 is 21.8 Å². The first-order chi connectivity index (χ1) is 8.71. The van der Waals surface area contributed by atoms with E-state index in [2.05, 4.69) is 15.9 Å². The molecule has 1 heterocycles. The summed E-state index contributed by atoms with van der Waals surface area (Å²) in [7, 11) is -3.84. The van der Waals surface area contributed by atoms with E-state index in [9.17, 15) is 21.6 Å². The topological polar surface area (TPSA) is 37.4 Å². The number of sulfonamides is 1. The molecule has 1 aliphatic heterocycles. The molecule has 1 aliphatic rings. The van der Waals surface area contributed by atoms with Crippen LogP contribution in [-0.4, -0.2) is 25.8 Å². The lowest BCUT2D eigenvalue weighted by atomic mass is 10.2. The van der Waals surface area contributed by atoms with E-state index in [0.29, 0.717) is 19.2 Å². The number of rotatable bonds is 2. The van der Waals surface area contributed by atoms with E-state index in [1.54, 1.807) is 0 Å². The fourth-order valence-corrected chi connectivity index (χ4v) is 4.19. The second-order valence-corrected chi connectivity index (χ2v) is 7.14. The Kier molecular flexibility index (Phi) is 3.95. The highest BCUT2D eigenvalue weighted by Gasteiger charge is 2.34. The van der Waals surface area contributed by atoms with Crippen LogP contribution in [0.25, 0.3) is 0 Å². The normalized spacial score (nSPS) is 17.9. The molecule has 0 saturated carbocycles. The van der Waals surface area contributed by atoms with Crippen LogP contribution < -0.4 is 0 Å². The van der Waals surface area contributed by atoms with E-state index in [1.807, 2.05) is 0 Å². The highest BCUT2D eigenvalue weighted by Crippen LogP contribution is 2.34. The van der Waals surface area contributed by atoms with Gasteiger partial charge < -0.3 is 0 Å². The van der Waals surface area contributed by atoms with Gasteiger partial charge in [-0.25, -0.2) is 8.42 Å². The Bertz CT molecular complexity index is 580. The molecular formula is C11H11BrF3NO2S. The zero-order valence-electron chi connectivity index (χ0n) is 9.74. The Labute approximate surface area is 117 Å². The van der Waals surface area contributed by atoms with Crippen molar-refractivity contribution >= 4 is 26.0 Å². The van der Waals surface area contributed by atoms with Gasteiger partial charge in [-0.2, -0.15) is 17.5 Å². The van der Waals surface area contributed by atoms with Crippen LogP contribution in [0.2, 0.25) is 0 Å². The molecule has 0 aromatic heterocycles. The molecule has 19 heavy (non-hydrogen) atoms. The van der Waals surface area contributed by atoms with Gasteiger partial charge in [0.05, 0.1) is 10.5 Å². The van der Waals surface area contributed by atoms with E-state index >= 15 is 0 Å². The molecule has 0 bridgehead atoms. The number of hydrogen-bond donors (Lipinski definition) is 0. The lowest BCUT2D eigenvalue weighted by Gasteiger charge is -2.17. The minimum absolute atomic E-state index is 0.0973. The van der Waals surface area contributed by atoms with Gasteiger partial charge in [-0.1, -0.05) is 15.9 Å². The molecular weight excluding hydrogens is 347 g/mol. The predicted octanol–water partition coefficient (Wildman–Crippen LogP) is 3.25. The largest absolute Gasteiger partial charge is 0.416 e. The summed E-state index contributed by atoms with van der Waals surface area (Å²) < 4.78 is 63.8. The molecule has 0 amide bonds.